The normalized spacial score (nSPS) is 14.0. The summed E-state index contributed by atoms with van der Waals surface area (Å²) >= 11 is 0. The third-order valence-electron chi connectivity index (χ3n) is 3.15. The second-order valence-electron chi connectivity index (χ2n) is 4.90. The van der Waals surface area contributed by atoms with E-state index in [2.05, 4.69) is 4.84 Å². The number of carbonyl (C=O) groups excluding carboxylic acids is 3. The van der Waals surface area contributed by atoms with Crippen LogP contribution in [0.5, 0.6) is 0 Å². The van der Waals surface area contributed by atoms with Crippen LogP contribution in [0.1, 0.15) is 27.1 Å². The van der Waals surface area contributed by atoms with Crippen LogP contribution in [0, 0.1) is 0 Å². The fourth-order valence-electron chi connectivity index (χ4n) is 2.02. The molecule has 1 heterocycles. The lowest BCUT2D eigenvalue weighted by molar-refractivity contribution is -0.166. The molecular formula is C14H16N2O7S. The van der Waals surface area contributed by atoms with Crippen LogP contribution in [-0.2, 0) is 24.4 Å². The maximum absolute atomic E-state index is 12.0. The first-order valence-corrected chi connectivity index (χ1v) is 8.66. The molecule has 1 N–H and O–H groups in total. The van der Waals surface area contributed by atoms with Gasteiger partial charge in [0.2, 0.25) is 10.0 Å². The zero-order chi connectivity index (χ0) is 17.7. The van der Waals surface area contributed by atoms with Crippen LogP contribution >= 0.6 is 0 Å². The third-order valence-corrected chi connectivity index (χ3v) is 4.56. The van der Waals surface area contributed by atoms with Crippen molar-refractivity contribution < 1.29 is 32.4 Å². The molecule has 0 bridgehead atoms. The summed E-state index contributed by atoms with van der Waals surface area (Å²) in [5, 5.41) is 0.326. The lowest BCUT2D eigenvalue weighted by Crippen LogP contribution is -2.38. The van der Waals surface area contributed by atoms with Gasteiger partial charge in [0.15, 0.2) is 0 Å². The second kappa shape index (κ2) is 7.51. The Labute approximate surface area is 138 Å². The molecule has 0 aliphatic carbocycles. The molecule has 1 aliphatic heterocycles. The van der Waals surface area contributed by atoms with Crippen LogP contribution in [0.2, 0.25) is 0 Å². The number of sulfonamides is 1. The monoisotopic (exact) mass is 356 g/mol. The van der Waals surface area contributed by atoms with Crippen molar-refractivity contribution in [2.75, 3.05) is 26.0 Å². The molecule has 0 radical (unpaired) electrons. The van der Waals surface area contributed by atoms with Crippen LogP contribution < -0.4 is 4.72 Å². The highest BCUT2D eigenvalue weighted by Gasteiger charge is 2.38. The molecule has 0 saturated heterocycles. The van der Waals surface area contributed by atoms with E-state index in [0.29, 0.717) is 5.06 Å². The van der Waals surface area contributed by atoms with E-state index in [-0.39, 0.29) is 29.9 Å². The van der Waals surface area contributed by atoms with Gasteiger partial charge in [-0.3, -0.25) is 9.59 Å². The second-order valence-corrected chi connectivity index (χ2v) is 6.83. The molecule has 9 nitrogen and oxygen atoms in total. The van der Waals surface area contributed by atoms with Gasteiger partial charge in [-0.25, -0.2) is 17.9 Å². The highest BCUT2D eigenvalue weighted by molar-refractivity contribution is 7.89. The molecule has 1 aromatic rings. The maximum atomic E-state index is 12.0. The summed E-state index contributed by atoms with van der Waals surface area (Å²) in [6, 6.07) is 6.01. The van der Waals surface area contributed by atoms with Crippen LogP contribution in [0.15, 0.2) is 24.3 Å². The molecular weight excluding hydrogens is 340 g/mol. The molecule has 2 rings (SSSR count). The minimum Gasteiger partial charge on any atom is -0.385 e. The number of methoxy groups -OCH3 is 1. The molecule has 24 heavy (non-hydrogen) atoms. The Morgan fingerprint density at radius 2 is 1.75 bits per heavy atom. The largest absolute Gasteiger partial charge is 0.385 e. The molecule has 130 valence electrons. The van der Waals surface area contributed by atoms with Crippen molar-refractivity contribution in [3.05, 3.63) is 35.4 Å². The Hall–Kier alpha value is -2.30. The highest BCUT2D eigenvalue weighted by Crippen LogP contribution is 2.22. The fraction of sp³-hybridized carbons (Fsp3) is 0.357. The average Bonchev–Trinajstić information content (AvgIpc) is 2.79. The molecule has 10 heteroatoms. The molecule has 0 atom stereocenters. The number of ether oxygens (including phenoxy) is 1. The predicted molar refractivity (Wildman–Crippen MR) is 81.3 cm³/mol. The summed E-state index contributed by atoms with van der Waals surface area (Å²) in [5.41, 5.74) is 0.242. The first kappa shape index (κ1) is 18.0. The number of hydroxylamine groups is 2. The number of fused-ring (bicyclic) bond motifs is 1. The summed E-state index contributed by atoms with van der Waals surface area (Å²) in [5.74, 6) is -2.83. The van der Waals surface area contributed by atoms with Crippen LogP contribution in [-0.4, -0.2) is 57.3 Å². The van der Waals surface area contributed by atoms with E-state index in [4.69, 9.17) is 4.74 Å². The van der Waals surface area contributed by atoms with Gasteiger partial charge >= 0.3 is 5.97 Å². The summed E-state index contributed by atoms with van der Waals surface area (Å²) in [7, 11) is -2.24. The summed E-state index contributed by atoms with van der Waals surface area (Å²) in [4.78, 5) is 40.4. The van der Waals surface area contributed by atoms with Crippen LogP contribution in [0.3, 0.4) is 0 Å². The lowest BCUT2D eigenvalue weighted by atomic mass is 10.1. The number of nitrogens with zero attached hydrogens (tertiary/aromatic N) is 1. The van der Waals surface area contributed by atoms with Gasteiger partial charge in [0, 0.05) is 13.7 Å². The fourth-order valence-corrected chi connectivity index (χ4v) is 3.00. The van der Waals surface area contributed by atoms with Crippen molar-refractivity contribution in [1.82, 2.24) is 9.79 Å². The number of benzene rings is 1. The number of hydrogen-bond acceptors (Lipinski definition) is 7. The molecule has 0 saturated carbocycles. The zero-order valence-corrected chi connectivity index (χ0v) is 13.7. The van der Waals surface area contributed by atoms with Crippen molar-refractivity contribution in [3.8, 4) is 0 Å². The number of hydrogen-bond donors (Lipinski definition) is 1. The van der Waals surface area contributed by atoms with E-state index < -0.39 is 34.4 Å². The standard InChI is InChI=1S/C14H16N2O7S/c1-22-7-4-8-24(20,21)15-9-12(17)23-16-13(18)10-5-2-3-6-11(10)14(16)19/h2-3,5-6,15H,4,7-9H2,1H3. The quantitative estimate of drug-likeness (QED) is 0.501. The molecule has 1 aromatic carbocycles. The molecule has 0 unspecified atom stereocenters. The maximum Gasteiger partial charge on any atom is 0.347 e. The Morgan fingerprint density at radius 1 is 1.17 bits per heavy atom. The van der Waals surface area contributed by atoms with Gasteiger partial charge in [0.1, 0.15) is 6.54 Å². The molecule has 0 fully saturated rings. The van der Waals surface area contributed by atoms with Gasteiger partial charge in [-0.05, 0) is 18.6 Å². The van der Waals surface area contributed by atoms with Crippen molar-refractivity contribution in [3.63, 3.8) is 0 Å². The summed E-state index contributed by atoms with van der Waals surface area (Å²) in [6.45, 7) is -0.427. The van der Waals surface area contributed by atoms with Crippen molar-refractivity contribution >= 4 is 27.8 Å². The van der Waals surface area contributed by atoms with Gasteiger partial charge in [0.05, 0.1) is 16.9 Å². The highest BCUT2D eigenvalue weighted by atomic mass is 32.2. The Balaban J connectivity index is 1.90. The smallest absolute Gasteiger partial charge is 0.347 e. The van der Waals surface area contributed by atoms with E-state index in [0.717, 1.165) is 0 Å². The minimum absolute atomic E-state index is 0.121. The zero-order valence-electron chi connectivity index (χ0n) is 12.9. The number of amides is 2. The number of imide groups is 1. The van der Waals surface area contributed by atoms with Crippen LogP contribution in [0.25, 0.3) is 0 Å². The average molecular weight is 356 g/mol. The SMILES string of the molecule is COCCCS(=O)(=O)NCC(=O)ON1C(=O)c2ccccc2C1=O. The van der Waals surface area contributed by atoms with Gasteiger partial charge in [-0.2, -0.15) is 0 Å². The van der Waals surface area contributed by atoms with Crippen molar-refractivity contribution in [2.24, 2.45) is 0 Å². The first-order valence-electron chi connectivity index (χ1n) is 7.00. The number of carbonyl (C=O) groups is 3. The Bertz CT molecular complexity index is 725. The summed E-state index contributed by atoms with van der Waals surface area (Å²) in [6.07, 6.45) is 0.263. The minimum atomic E-state index is -3.68. The van der Waals surface area contributed by atoms with E-state index in [9.17, 15) is 22.8 Å². The Morgan fingerprint density at radius 3 is 2.29 bits per heavy atom. The van der Waals surface area contributed by atoms with E-state index in [1.807, 2.05) is 4.72 Å². The first-order chi connectivity index (χ1) is 11.4. The summed E-state index contributed by atoms with van der Waals surface area (Å²) < 4.78 is 30.0. The Kier molecular flexibility index (Phi) is 5.65. The van der Waals surface area contributed by atoms with Gasteiger partial charge in [-0.15, -0.1) is 0 Å². The number of nitrogens with one attached hydrogen (secondary N) is 1. The van der Waals surface area contributed by atoms with E-state index in [1.54, 1.807) is 12.1 Å². The molecule has 2 amide bonds. The molecule has 1 aliphatic rings. The van der Waals surface area contributed by atoms with Gasteiger partial charge in [-0.1, -0.05) is 17.2 Å². The lowest BCUT2D eigenvalue weighted by Gasteiger charge is -2.13. The van der Waals surface area contributed by atoms with Crippen LogP contribution in [0.4, 0.5) is 0 Å². The topological polar surface area (TPSA) is 119 Å². The van der Waals surface area contributed by atoms with Crippen molar-refractivity contribution in [1.29, 1.82) is 0 Å². The number of rotatable bonds is 8. The molecule has 0 spiro atoms. The predicted octanol–water partition coefficient (Wildman–Crippen LogP) is -0.303. The van der Waals surface area contributed by atoms with Gasteiger partial charge < -0.3 is 9.57 Å². The molecule has 0 aromatic heterocycles. The third kappa shape index (κ3) is 4.16. The van der Waals surface area contributed by atoms with Gasteiger partial charge in [0.25, 0.3) is 11.8 Å². The van der Waals surface area contributed by atoms with Crippen molar-refractivity contribution in [2.45, 2.75) is 6.42 Å². The van der Waals surface area contributed by atoms with E-state index in [1.165, 1.54) is 19.2 Å². The van der Waals surface area contributed by atoms with E-state index >= 15 is 0 Å².